The zero-order chi connectivity index (χ0) is 41.1. The van der Waals surface area contributed by atoms with Crippen LogP contribution in [-0.2, 0) is 52.9 Å². The number of fused-ring (bicyclic) bond motifs is 2. The van der Waals surface area contributed by atoms with E-state index >= 15 is 0 Å². The maximum atomic E-state index is 13.8. The number of para-hydroxylation sites is 2. The van der Waals surface area contributed by atoms with Crippen molar-refractivity contribution in [3.05, 3.63) is 101 Å². The average molecular weight is 785 g/mol. The molecular formula is C38H40N8O11. The molecule has 0 spiro atoms. The highest BCUT2D eigenvalue weighted by Crippen LogP contribution is 2.19. The summed E-state index contributed by atoms with van der Waals surface area (Å²) < 4.78 is 5.28. The molecule has 0 aliphatic carbocycles. The summed E-state index contributed by atoms with van der Waals surface area (Å²) in [5.41, 5.74) is 1.38. The number of carbonyl (C=O) groups is 7. The zero-order valence-electron chi connectivity index (χ0n) is 30.5. The van der Waals surface area contributed by atoms with E-state index in [-0.39, 0.29) is 30.6 Å². The molecule has 0 fully saturated rings. The van der Waals surface area contributed by atoms with Crippen molar-refractivity contribution in [2.75, 3.05) is 0 Å². The molecule has 2 aromatic carbocycles. The molecule has 19 heteroatoms. The largest absolute Gasteiger partial charge is 0.481 e. The number of carboxylic acids is 2. The molecule has 298 valence electrons. The minimum absolute atomic E-state index is 0.00563. The van der Waals surface area contributed by atoms with E-state index in [0.29, 0.717) is 16.5 Å². The molecular weight excluding hydrogens is 744 g/mol. The number of H-pyrrole nitrogens is 2. The van der Waals surface area contributed by atoms with Crippen LogP contribution in [0.15, 0.2) is 82.5 Å². The average Bonchev–Trinajstić information content (AvgIpc) is 3.84. The summed E-state index contributed by atoms with van der Waals surface area (Å²) in [5, 5.41) is 32.7. The van der Waals surface area contributed by atoms with Gasteiger partial charge < -0.3 is 51.2 Å². The van der Waals surface area contributed by atoms with E-state index in [4.69, 9.17) is 4.42 Å². The number of nitrogens with zero attached hydrogens (tertiary/aromatic N) is 1. The van der Waals surface area contributed by atoms with E-state index in [1.165, 1.54) is 25.5 Å². The van der Waals surface area contributed by atoms with Crippen molar-refractivity contribution in [3.8, 4) is 0 Å². The third-order valence-electron chi connectivity index (χ3n) is 8.85. The van der Waals surface area contributed by atoms with Crippen LogP contribution >= 0.6 is 0 Å². The van der Waals surface area contributed by atoms with Gasteiger partial charge in [-0.2, -0.15) is 0 Å². The summed E-state index contributed by atoms with van der Waals surface area (Å²) in [6.07, 6.45) is 2.26. The van der Waals surface area contributed by atoms with Gasteiger partial charge in [0.1, 0.15) is 29.8 Å². The summed E-state index contributed by atoms with van der Waals surface area (Å²) in [5.74, 6) is -7.06. The van der Waals surface area contributed by atoms with Crippen LogP contribution in [0.4, 0.5) is 0 Å². The number of aliphatic carboxylic acids is 2. The lowest BCUT2D eigenvalue weighted by molar-refractivity contribution is -0.141. The van der Waals surface area contributed by atoms with E-state index in [9.17, 15) is 48.6 Å². The predicted molar refractivity (Wildman–Crippen MR) is 201 cm³/mol. The van der Waals surface area contributed by atoms with Gasteiger partial charge in [-0.15, -0.1) is 0 Å². The maximum Gasteiger partial charge on any atom is 0.341 e. The van der Waals surface area contributed by atoms with Gasteiger partial charge in [0.2, 0.25) is 29.5 Å². The normalized spacial score (nSPS) is 13.1. The molecule has 9 N–H and O–H groups in total. The number of rotatable bonds is 19. The number of hydrogen-bond donors (Lipinski definition) is 9. The summed E-state index contributed by atoms with van der Waals surface area (Å²) in [4.78, 5) is 112. The number of carboxylic acid groups (broad SMARTS) is 2. The molecule has 57 heavy (non-hydrogen) atoms. The Kier molecular flexibility index (Phi) is 13.5. The molecule has 0 aliphatic heterocycles. The molecule has 0 radical (unpaired) electrons. The molecule has 5 aromatic rings. The summed E-state index contributed by atoms with van der Waals surface area (Å²) in [6, 6.07) is 9.52. The smallest absolute Gasteiger partial charge is 0.341 e. The molecule has 0 bridgehead atoms. The van der Waals surface area contributed by atoms with Crippen LogP contribution in [0.5, 0.6) is 0 Å². The molecule has 0 unspecified atom stereocenters. The van der Waals surface area contributed by atoms with E-state index in [0.717, 1.165) is 10.9 Å². The van der Waals surface area contributed by atoms with E-state index in [2.05, 4.69) is 41.5 Å². The Morgan fingerprint density at radius 3 is 2.12 bits per heavy atom. The highest BCUT2D eigenvalue weighted by atomic mass is 16.4. The molecule has 3 heterocycles. The van der Waals surface area contributed by atoms with Crippen molar-refractivity contribution in [1.82, 2.24) is 41.5 Å². The molecule has 0 saturated heterocycles. The second-order valence-corrected chi connectivity index (χ2v) is 13.1. The lowest BCUT2D eigenvalue weighted by Gasteiger charge is -2.26. The van der Waals surface area contributed by atoms with Gasteiger partial charge in [0.05, 0.1) is 30.6 Å². The molecule has 0 saturated carbocycles. The Labute approximate surface area is 323 Å². The maximum absolute atomic E-state index is 13.8. The summed E-state index contributed by atoms with van der Waals surface area (Å²) >= 11 is 0. The SMILES string of the molecule is CC(=O)N[C@@H](Cc1c[nH]c2ccccc12)C(=O)N[C@@H](CCC(=O)O)C(=O)N[C@@H](Cc1c[nH]cn1)C(=O)N[C@@H](CC(=O)O)C(=O)NCc1cc2ccccc2oc1=O. The van der Waals surface area contributed by atoms with E-state index in [1.807, 2.05) is 18.2 Å². The number of carbonyl (C=O) groups excluding carboxylic acids is 5. The second kappa shape index (κ2) is 18.8. The number of hydrogen-bond acceptors (Lipinski definition) is 10. The quantitative estimate of drug-likeness (QED) is 0.0515. The van der Waals surface area contributed by atoms with Crippen molar-refractivity contribution in [2.45, 2.75) is 69.7 Å². The molecule has 5 amide bonds. The van der Waals surface area contributed by atoms with Gasteiger partial charge in [-0.05, 0) is 30.2 Å². The second-order valence-electron chi connectivity index (χ2n) is 13.1. The van der Waals surface area contributed by atoms with Crippen LogP contribution in [0.25, 0.3) is 21.9 Å². The van der Waals surface area contributed by atoms with Gasteiger partial charge in [-0.1, -0.05) is 36.4 Å². The number of nitrogens with one attached hydrogen (secondary N) is 7. The minimum Gasteiger partial charge on any atom is -0.481 e. The molecule has 3 aromatic heterocycles. The molecule has 4 atom stereocenters. The minimum atomic E-state index is -1.69. The Morgan fingerprint density at radius 1 is 0.754 bits per heavy atom. The van der Waals surface area contributed by atoms with Crippen LogP contribution in [0, 0.1) is 0 Å². The monoisotopic (exact) mass is 784 g/mol. The van der Waals surface area contributed by atoms with Gasteiger partial charge in [-0.25, -0.2) is 9.78 Å². The van der Waals surface area contributed by atoms with Gasteiger partial charge in [0.15, 0.2) is 0 Å². The Hall–Kier alpha value is -7.31. The first-order chi connectivity index (χ1) is 27.3. The van der Waals surface area contributed by atoms with Gasteiger partial charge in [0, 0.05) is 54.9 Å². The lowest BCUT2D eigenvalue weighted by Crippen LogP contribution is -2.59. The van der Waals surface area contributed by atoms with Crippen LogP contribution in [0.2, 0.25) is 0 Å². The molecule has 0 aliphatic rings. The van der Waals surface area contributed by atoms with Crippen LogP contribution < -0.4 is 32.2 Å². The van der Waals surface area contributed by atoms with Crippen LogP contribution in [-0.4, -0.2) is 90.8 Å². The van der Waals surface area contributed by atoms with Crippen LogP contribution in [0.1, 0.15) is 43.0 Å². The number of amides is 5. The number of aromatic amines is 2. The standard InChI is InChI=1S/C38H40N8O11/c1-20(47)43-28(13-22-16-40-26-8-4-3-7-25(22)26)36(54)44-27(10-11-32(48)49)35(53)45-29(14-24-18-39-19-42-24)37(55)46-30(15-33(50)51)34(52)41-17-23-12-21-6-2-5-9-31(21)57-38(23)56/h2-9,12,16,18-19,27-30,40H,10-11,13-15,17H2,1H3,(H,39,42)(H,41,52)(H,43,47)(H,44,54)(H,45,53)(H,46,55)(H,48,49)(H,50,51)/t27-,28-,29-,30-/m0/s1. The Balaban J connectivity index is 1.33. The summed E-state index contributed by atoms with van der Waals surface area (Å²) in [7, 11) is 0. The lowest BCUT2D eigenvalue weighted by atomic mass is 10.0. The van der Waals surface area contributed by atoms with Crippen molar-refractivity contribution in [2.24, 2.45) is 0 Å². The van der Waals surface area contributed by atoms with E-state index < -0.39 is 90.5 Å². The highest BCUT2D eigenvalue weighted by molar-refractivity contribution is 5.97. The fraction of sp³-hybridized carbons (Fsp3) is 0.289. The first-order valence-electron chi connectivity index (χ1n) is 17.7. The van der Waals surface area contributed by atoms with E-state index in [1.54, 1.807) is 36.5 Å². The molecule has 5 rings (SSSR count). The van der Waals surface area contributed by atoms with Crippen molar-refractivity contribution >= 4 is 63.3 Å². The number of benzene rings is 2. The number of aromatic nitrogens is 3. The fourth-order valence-electron chi connectivity index (χ4n) is 6.07. The predicted octanol–water partition coefficient (Wildman–Crippen LogP) is 0.398. The Bertz CT molecular complexity index is 2340. The van der Waals surface area contributed by atoms with Gasteiger partial charge in [0.25, 0.3) is 0 Å². The third kappa shape index (κ3) is 11.4. The van der Waals surface area contributed by atoms with Crippen LogP contribution in [0.3, 0.4) is 0 Å². The zero-order valence-corrected chi connectivity index (χ0v) is 30.5. The summed E-state index contributed by atoms with van der Waals surface area (Å²) in [6.45, 7) is 0.844. The van der Waals surface area contributed by atoms with Crippen molar-refractivity contribution < 1.29 is 48.2 Å². The van der Waals surface area contributed by atoms with Gasteiger partial charge in [-0.3, -0.25) is 33.6 Å². The first kappa shape index (κ1) is 40.9. The van der Waals surface area contributed by atoms with Gasteiger partial charge >= 0.3 is 17.6 Å². The third-order valence-corrected chi connectivity index (χ3v) is 8.85. The molecule has 19 nitrogen and oxygen atoms in total. The number of imidazole rings is 1. The van der Waals surface area contributed by atoms with Crippen molar-refractivity contribution in [3.63, 3.8) is 0 Å². The Morgan fingerprint density at radius 2 is 1.42 bits per heavy atom. The fourth-order valence-corrected chi connectivity index (χ4v) is 6.07. The first-order valence-corrected chi connectivity index (χ1v) is 17.7. The topological polar surface area (TPSA) is 295 Å². The van der Waals surface area contributed by atoms with Crippen molar-refractivity contribution in [1.29, 1.82) is 0 Å². The highest BCUT2D eigenvalue weighted by Gasteiger charge is 2.33.